The number of aryl methyl sites for hydroxylation is 1. The Labute approximate surface area is 226 Å². The number of amides is 1. The highest BCUT2D eigenvalue weighted by Gasteiger charge is 2.22. The molecule has 0 unspecified atom stereocenters. The van der Waals surface area contributed by atoms with Crippen LogP contribution in [0.5, 0.6) is 11.5 Å². The van der Waals surface area contributed by atoms with Crippen molar-refractivity contribution in [1.82, 2.24) is 20.2 Å². The molecule has 1 N–H and O–H groups in total. The van der Waals surface area contributed by atoms with Gasteiger partial charge in [-0.3, -0.25) is 4.79 Å². The number of benzene rings is 2. The molecule has 2 heterocycles. The number of hydrogen-bond donors (Lipinski definition) is 1. The lowest BCUT2D eigenvalue weighted by molar-refractivity contribution is -0.141. The van der Waals surface area contributed by atoms with Crippen LogP contribution in [0.2, 0.25) is 0 Å². The van der Waals surface area contributed by atoms with E-state index >= 15 is 0 Å². The molecule has 12 nitrogen and oxygen atoms in total. The van der Waals surface area contributed by atoms with Crippen molar-refractivity contribution in [2.24, 2.45) is 0 Å². The number of nitrogens with one attached hydrogen (secondary N) is 1. The summed E-state index contributed by atoms with van der Waals surface area (Å²) in [6.45, 7) is 8.38. The number of carbonyl (C=O) groups excluding carboxylic acids is 2. The minimum absolute atomic E-state index is 0.0694. The zero-order chi connectivity index (χ0) is 27.6. The molecule has 39 heavy (non-hydrogen) atoms. The van der Waals surface area contributed by atoms with Crippen molar-refractivity contribution in [3.63, 3.8) is 0 Å². The number of carbonyl (C=O) groups is 2. The Balaban J connectivity index is 1.51. The van der Waals surface area contributed by atoms with Crippen molar-refractivity contribution < 1.29 is 28.5 Å². The summed E-state index contributed by atoms with van der Waals surface area (Å²) in [5.74, 6) is 0.183. The van der Waals surface area contributed by atoms with E-state index in [-0.39, 0.29) is 5.70 Å². The number of hydrogen-bond acceptors (Lipinski definition) is 10. The predicted octanol–water partition coefficient (Wildman–Crippen LogP) is 2.80. The molecule has 0 atom stereocenters. The molecule has 0 spiro atoms. The molecular weight excluding hydrogens is 504 g/mol. The van der Waals surface area contributed by atoms with E-state index in [0.29, 0.717) is 62.5 Å². The van der Waals surface area contributed by atoms with Gasteiger partial charge in [-0.05, 0) is 42.8 Å². The second-order valence-corrected chi connectivity index (χ2v) is 8.48. The summed E-state index contributed by atoms with van der Waals surface area (Å²) in [6.07, 6.45) is 1.59. The van der Waals surface area contributed by atoms with Crippen molar-refractivity contribution in [2.75, 3.05) is 56.3 Å². The van der Waals surface area contributed by atoms with E-state index < -0.39 is 18.5 Å². The molecular formula is C27H32N6O6. The van der Waals surface area contributed by atoms with Gasteiger partial charge in [0.15, 0.2) is 18.1 Å². The first-order valence-corrected chi connectivity index (χ1v) is 12.8. The Hall–Kier alpha value is -4.45. The molecule has 0 saturated carbocycles. The molecule has 1 saturated heterocycles. The molecule has 1 aliphatic rings. The first-order valence-electron chi connectivity index (χ1n) is 12.8. The van der Waals surface area contributed by atoms with Crippen molar-refractivity contribution in [3.8, 4) is 11.5 Å². The summed E-state index contributed by atoms with van der Waals surface area (Å²) in [5.41, 5.74) is 2.09. The lowest BCUT2D eigenvalue weighted by Gasteiger charge is -2.31. The minimum atomic E-state index is -0.757. The maximum absolute atomic E-state index is 13.0. The van der Waals surface area contributed by atoms with Crippen molar-refractivity contribution in [1.29, 1.82) is 0 Å². The molecule has 1 aliphatic heterocycles. The number of morpholine rings is 1. The second-order valence-electron chi connectivity index (χ2n) is 8.48. The molecule has 0 aliphatic carbocycles. The monoisotopic (exact) mass is 536 g/mol. The van der Waals surface area contributed by atoms with Gasteiger partial charge in [0.05, 0.1) is 37.8 Å². The third-order valence-corrected chi connectivity index (χ3v) is 5.79. The van der Waals surface area contributed by atoms with Gasteiger partial charge in [-0.15, -0.1) is 5.10 Å². The Bertz CT molecular complexity index is 1300. The SMILES string of the molecule is CCOc1cc(N2CCOCC2)c(OCC)cc1NC(=O)COC(=O)/C(=C/c1ccccc1)n1nnnc1C. The van der Waals surface area contributed by atoms with Crippen LogP contribution in [0.15, 0.2) is 42.5 Å². The number of aromatic nitrogens is 4. The summed E-state index contributed by atoms with van der Waals surface area (Å²) in [5, 5.41) is 14.1. The highest BCUT2D eigenvalue weighted by atomic mass is 16.5. The van der Waals surface area contributed by atoms with Crippen LogP contribution in [0.3, 0.4) is 0 Å². The van der Waals surface area contributed by atoms with Crippen molar-refractivity contribution >= 4 is 35.0 Å². The molecule has 1 amide bonds. The quantitative estimate of drug-likeness (QED) is 0.288. The zero-order valence-corrected chi connectivity index (χ0v) is 22.3. The number of anilines is 2. The average molecular weight is 537 g/mol. The maximum Gasteiger partial charge on any atom is 0.357 e. The summed E-state index contributed by atoms with van der Waals surface area (Å²) in [6, 6.07) is 12.8. The lowest BCUT2D eigenvalue weighted by Crippen LogP contribution is -2.36. The first-order chi connectivity index (χ1) is 19.0. The lowest BCUT2D eigenvalue weighted by atomic mass is 10.2. The van der Waals surface area contributed by atoms with Crippen LogP contribution < -0.4 is 19.7 Å². The van der Waals surface area contributed by atoms with E-state index in [2.05, 4.69) is 25.7 Å². The Morgan fingerprint density at radius 1 is 1.05 bits per heavy atom. The van der Waals surface area contributed by atoms with E-state index in [9.17, 15) is 9.59 Å². The maximum atomic E-state index is 13.0. The number of nitrogens with zero attached hydrogens (tertiary/aromatic N) is 5. The van der Waals surface area contributed by atoms with E-state index in [1.165, 1.54) is 4.68 Å². The molecule has 1 aromatic heterocycles. The largest absolute Gasteiger partial charge is 0.492 e. The molecule has 3 aromatic rings. The summed E-state index contributed by atoms with van der Waals surface area (Å²) in [4.78, 5) is 28.1. The average Bonchev–Trinajstić information content (AvgIpc) is 3.38. The van der Waals surface area contributed by atoms with Crippen LogP contribution in [0.1, 0.15) is 25.2 Å². The van der Waals surface area contributed by atoms with Gasteiger partial charge in [-0.1, -0.05) is 30.3 Å². The number of ether oxygens (including phenoxy) is 4. The van der Waals surface area contributed by atoms with E-state index in [1.54, 1.807) is 19.1 Å². The van der Waals surface area contributed by atoms with Crippen molar-refractivity contribution in [3.05, 3.63) is 53.9 Å². The Morgan fingerprint density at radius 3 is 2.44 bits per heavy atom. The third kappa shape index (κ3) is 7.11. The number of esters is 1. The van der Waals surface area contributed by atoms with E-state index in [4.69, 9.17) is 18.9 Å². The normalized spacial score (nSPS) is 13.6. The Kier molecular flexibility index (Phi) is 9.46. The Morgan fingerprint density at radius 2 is 1.77 bits per heavy atom. The first kappa shape index (κ1) is 27.6. The second kappa shape index (κ2) is 13.4. The standard InChI is InChI=1S/C27H32N6O6/c1-4-37-24-17-22(32-11-13-36-14-12-32)25(38-5-2)16-21(24)28-26(34)18-39-27(35)23(33-19(3)29-30-31-33)15-20-9-7-6-8-10-20/h6-10,15-17H,4-5,11-14,18H2,1-3H3,(H,28,34)/b23-15-. The van der Waals surface area contributed by atoms with Crippen molar-refractivity contribution in [2.45, 2.75) is 20.8 Å². The van der Waals surface area contributed by atoms with Crippen LogP contribution >= 0.6 is 0 Å². The van der Waals surface area contributed by atoms with Gasteiger partial charge in [-0.25, -0.2) is 4.79 Å². The van der Waals surface area contributed by atoms with Gasteiger partial charge in [0, 0.05) is 25.2 Å². The molecule has 206 valence electrons. The highest BCUT2D eigenvalue weighted by Crippen LogP contribution is 2.39. The molecule has 2 aromatic carbocycles. The van der Waals surface area contributed by atoms with Gasteiger partial charge in [-0.2, -0.15) is 4.68 Å². The van der Waals surface area contributed by atoms with Crippen LogP contribution in [-0.4, -0.2) is 78.2 Å². The molecule has 0 radical (unpaired) electrons. The molecule has 0 bridgehead atoms. The minimum Gasteiger partial charge on any atom is -0.492 e. The predicted molar refractivity (Wildman–Crippen MR) is 145 cm³/mol. The van der Waals surface area contributed by atoms with Gasteiger partial charge in [0.1, 0.15) is 11.5 Å². The number of tetrazole rings is 1. The molecule has 12 heteroatoms. The fourth-order valence-corrected chi connectivity index (χ4v) is 4.00. The van der Waals surface area contributed by atoms with Gasteiger partial charge in [0.2, 0.25) is 0 Å². The number of rotatable bonds is 11. The van der Waals surface area contributed by atoms with Crippen LogP contribution in [-0.2, 0) is 19.1 Å². The van der Waals surface area contributed by atoms with Crippen LogP contribution in [0, 0.1) is 6.92 Å². The summed E-state index contributed by atoms with van der Waals surface area (Å²) < 4.78 is 23.8. The topological polar surface area (TPSA) is 130 Å². The summed E-state index contributed by atoms with van der Waals surface area (Å²) >= 11 is 0. The van der Waals surface area contributed by atoms with Crippen LogP contribution in [0.4, 0.5) is 11.4 Å². The highest BCUT2D eigenvalue weighted by molar-refractivity contribution is 6.15. The van der Waals surface area contributed by atoms with Gasteiger partial charge in [0.25, 0.3) is 5.91 Å². The fraction of sp³-hybridized carbons (Fsp3) is 0.370. The fourth-order valence-electron chi connectivity index (χ4n) is 4.00. The zero-order valence-electron chi connectivity index (χ0n) is 22.3. The summed E-state index contributed by atoms with van der Waals surface area (Å²) in [7, 11) is 0. The van der Waals surface area contributed by atoms with Crippen LogP contribution in [0.25, 0.3) is 11.8 Å². The third-order valence-electron chi connectivity index (χ3n) is 5.79. The van der Waals surface area contributed by atoms with Gasteiger partial charge >= 0.3 is 5.97 Å². The van der Waals surface area contributed by atoms with Gasteiger partial charge < -0.3 is 29.2 Å². The van der Waals surface area contributed by atoms with E-state index in [1.807, 2.05) is 50.2 Å². The molecule has 1 fully saturated rings. The van der Waals surface area contributed by atoms with E-state index in [0.717, 1.165) is 11.3 Å². The molecule has 4 rings (SSSR count). The smallest absolute Gasteiger partial charge is 0.357 e.